The number of amidine groups is 4. The molecule has 13 N–H and O–H groups in total. The molecule has 4 atom stereocenters. The lowest BCUT2D eigenvalue weighted by Crippen LogP contribution is -2.48. The van der Waals surface area contributed by atoms with E-state index in [0.29, 0.717) is 104 Å². The van der Waals surface area contributed by atoms with Crippen LogP contribution in [0.2, 0.25) is 40.2 Å². The van der Waals surface area contributed by atoms with Gasteiger partial charge in [0, 0.05) is 43.7 Å². The van der Waals surface area contributed by atoms with E-state index >= 15 is 0 Å². The van der Waals surface area contributed by atoms with E-state index in [4.69, 9.17) is 113 Å². The minimum atomic E-state index is -1.55. The zero-order valence-corrected chi connectivity index (χ0v) is 68.1. The molecule has 0 bridgehead atoms. The molecule has 0 unspecified atom stereocenters. The van der Waals surface area contributed by atoms with Gasteiger partial charge in [0.2, 0.25) is 5.91 Å². The number of aliphatic hydroxyl groups excluding tert-OH is 5. The molecule has 8 heterocycles. The maximum Gasteiger partial charge on any atom is 0.264 e. The molecule has 5 aliphatic heterocycles. The highest BCUT2D eigenvalue weighted by molar-refractivity contribution is 8.19. The number of aliphatic hydroxyl groups is 5. The van der Waals surface area contributed by atoms with Crippen LogP contribution >= 0.6 is 140 Å². The molecule has 38 heteroatoms. The average Bonchev–Trinajstić information content (AvgIpc) is 1.65. The summed E-state index contributed by atoms with van der Waals surface area (Å²) >= 11 is 53.6. The van der Waals surface area contributed by atoms with Crippen LogP contribution in [-0.2, 0) is 19.2 Å². The number of benzene rings is 7. The van der Waals surface area contributed by atoms with Crippen LogP contribution in [0.25, 0.3) is 51.3 Å². The highest BCUT2D eigenvalue weighted by Crippen LogP contribution is 2.40. The molecular weight excluding hydrogens is 1700 g/mol. The number of hydrogen-bond acceptors (Lipinski definition) is 25. The first-order valence-electron chi connectivity index (χ1n) is 33.5. The minimum absolute atomic E-state index is 0. The van der Waals surface area contributed by atoms with Gasteiger partial charge in [-0.3, -0.25) is 49.1 Å². The molecule has 15 rings (SSSR count). The second-order valence-electron chi connectivity index (χ2n) is 23.6. The fourth-order valence-corrected chi connectivity index (χ4v) is 15.1. The van der Waals surface area contributed by atoms with E-state index in [-0.39, 0.29) is 35.6 Å². The van der Waals surface area contributed by atoms with Crippen molar-refractivity contribution < 1.29 is 50.2 Å². The molecule has 10 aromatic rings. The van der Waals surface area contributed by atoms with E-state index in [1.165, 1.54) is 79.4 Å². The Labute approximate surface area is 703 Å². The number of aromatic nitrogens is 6. The molecule has 0 spiro atoms. The van der Waals surface area contributed by atoms with E-state index < -0.39 is 31.0 Å². The molecule has 586 valence electrons. The van der Waals surface area contributed by atoms with Gasteiger partial charge in [0.15, 0.2) is 20.7 Å². The number of aliphatic imine (C=N–C) groups is 4. The highest BCUT2D eigenvalue weighted by atomic mass is 35.5. The van der Waals surface area contributed by atoms with Crippen molar-refractivity contribution in [2.24, 2.45) is 20.0 Å². The zero-order valence-electron chi connectivity index (χ0n) is 58.8. The van der Waals surface area contributed by atoms with Gasteiger partial charge in [-0.05, 0) is 188 Å². The van der Waals surface area contributed by atoms with Gasteiger partial charge >= 0.3 is 0 Å². The van der Waals surface area contributed by atoms with Crippen LogP contribution in [-0.4, -0.2) is 169 Å². The third-order valence-corrected chi connectivity index (χ3v) is 21.5. The molecule has 0 aliphatic carbocycles. The molecule has 0 radical (unpaired) electrons. The van der Waals surface area contributed by atoms with Crippen LogP contribution in [0, 0.1) is 0 Å². The number of hydrogen-bond donors (Lipinski definition) is 11. The topological polar surface area (TPSA) is 400 Å². The summed E-state index contributed by atoms with van der Waals surface area (Å²) in [7, 11) is 1.57. The van der Waals surface area contributed by atoms with Crippen molar-refractivity contribution in [2.75, 3.05) is 39.0 Å². The van der Waals surface area contributed by atoms with Crippen molar-refractivity contribution in [3.63, 3.8) is 0 Å². The molecular formula is C75H66Cl8N16O10S4. The van der Waals surface area contributed by atoms with E-state index in [1.807, 2.05) is 54.6 Å². The number of nitrogens with one attached hydrogen (secondary N) is 6. The van der Waals surface area contributed by atoms with Gasteiger partial charge in [0.05, 0.1) is 106 Å². The zero-order chi connectivity index (χ0) is 79.8. The van der Waals surface area contributed by atoms with Crippen molar-refractivity contribution in [1.29, 1.82) is 0 Å². The number of nitrogens with zero attached hydrogens (tertiary/aromatic N) is 10. The Kier molecular flexibility index (Phi) is 34.5. The third-order valence-electron chi connectivity index (χ3n) is 15.5. The van der Waals surface area contributed by atoms with Crippen molar-refractivity contribution in [1.82, 2.24) is 61.8 Å². The number of para-hydroxylation sites is 4. The lowest BCUT2D eigenvalue weighted by Gasteiger charge is -2.25. The molecule has 26 nitrogen and oxygen atoms in total. The molecule has 113 heavy (non-hydrogen) atoms. The predicted octanol–water partition coefficient (Wildman–Crippen LogP) is 13.9. The number of piperidine rings is 1. The molecule has 3 aromatic heterocycles. The lowest BCUT2D eigenvalue weighted by molar-refractivity contribution is -0.117. The van der Waals surface area contributed by atoms with Gasteiger partial charge in [-0.2, -0.15) is 0 Å². The lowest BCUT2D eigenvalue weighted by atomic mass is 10.0. The van der Waals surface area contributed by atoms with E-state index in [2.05, 4.69) is 81.8 Å². The first-order chi connectivity index (χ1) is 54.0. The normalized spacial score (nSPS) is 18.0. The summed E-state index contributed by atoms with van der Waals surface area (Å²) in [6.07, 6.45) is 13.7. The number of likely N-dealkylation sites (N-methyl/N-ethyl adjacent to an activating group) is 1. The monoisotopic (exact) mass is 1760 g/mol. The molecule has 5 aliphatic rings. The average molecular weight is 1760 g/mol. The van der Waals surface area contributed by atoms with Gasteiger partial charge in [-0.25, -0.2) is 20.0 Å². The van der Waals surface area contributed by atoms with Crippen molar-refractivity contribution in [2.45, 2.75) is 43.7 Å². The first-order valence-corrected chi connectivity index (χ1v) is 39.9. The van der Waals surface area contributed by atoms with Crippen LogP contribution in [0.15, 0.2) is 199 Å². The maximum absolute atomic E-state index is 12.2. The van der Waals surface area contributed by atoms with Gasteiger partial charge in [0.25, 0.3) is 17.7 Å². The first kappa shape index (κ1) is 88.7. The number of carbonyl (C=O) groups excluding carboxylic acids is 4. The summed E-state index contributed by atoms with van der Waals surface area (Å²) in [6, 6.07) is 37.4. The second kappa shape index (κ2) is 44.0. The smallest absolute Gasteiger partial charge is 0.264 e. The molecule has 5 saturated heterocycles. The number of amides is 4. The molecule has 0 saturated carbocycles. The number of rotatable bonds is 13. The highest BCUT2D eigenvalue weighted by Gasteiger charge is 2.31. The summed E-state index contributed by atoms with van der Waals surface area (Å²) in [6.45, 7) is 1.93. The molecule has 7 aromatic carbocycles. The van der Waals surface area contributed by atoms with E-state index in [1.54, 1.807) is 135 Å². The van der Waals surface area contributed by atoms with Crippen LogP contribution in [0.4, 0.5) is 22.7 Å². The van der Waals surface area contributed by atoms with Crippen LogP contribution in [0.5, 0.6) is 0 Å². The summed E-state index contributed by atoms with van der Waals surface area (Å²) in [5.41, 5.74) is 9.04. The van der Waals surface area contributed by atoms with Gasteiger partial charge in [0.1, 0.15) is 41.1 Å². The Bertz CT molecular complexity index is 4860. The number of halogens is 8. The van der Waals surface area contributed by atoms with Crippen molar-refractivity contribution in [3.05, 3.63) is 236 Å². The second-order valence-corrected chi connectivity index (χ2v) is 30.9. The fraction of sp³-hybridized carbons (Fsp3) is 0.173. The largest absolute Gasteiger partial charge is 0.412 e. The van der Waals surface area contributed by atoms with Gasteiger partial charge < -0.3 is 62.9 Å². The summed E-state index contributed by atoms with van der Waals surface area (Å²) in [4.78, 5) is 92.0. The molecule has 5 fully saturated rings. The summed E-state index contributed by atoms with van der Waals surface area (Å²) < 4.78 is 0. The van der Waals surface area contributed by atoms with Crippen LogP contribution in [0.3, 0.4) is 0 Å². The maximum atomic E-state index is 12.2. The van der Waals surface area contributed by atoms with Gasteiger partial charge in [-0.15, -0.1) is 0 Å². The Morgan fingerprint density at radius 2 is 0.726 bits per heavy atom. The Morgan fingerprint density at radius 1 is 0.425 bits per heavy atom. The number of thioether (sulfide) groups is 4. The Morgan fingerprint density at radius 3 is 0.991 bits per heavy atom. The van der Waals surface area contributed by atoms with E-state index in [9.17, 15) is 24.3 Å². The van der Waals surface area contributed by atoms with Crippen LogP contribution < -0.4 is 31.9 Å². The fourth-order valence-electron chi connectivity index (χ4n) is 9.98. The number of fused-ring (bicyclic) bond motifs is 3. The predicted molar refractivity (Wildman–Crippen MR) is 460 cm³/mol. The third kappa shape index (κ3) is 25.9. The van der Waals surface area contributed by atoms with Crippen molar-refractivity contribution in [3.8, 4) is 0 Å². The Balaban J connectivity index is 0.000000162. The molecule has 4 amide bonds. The quantitative estimate of drug-likeness (QED) is 0.0478. The number of carbonyl (C=O) groups is 4. The van der Waals surface area contributed by atoms with Crippen LogP contribution in [0.1, 0.15) is 36.0 Å². The van der Waals surface area contributed by atoms with E-state index in [0.717, 1.165) is 49.8 Å². The summed E-state index contributed by atoms with van der Waals surface area (Å²) in [5, 5.41) is 66.8. The Hall–Kier alpha value is -8.26. The summed E-state index contributed by atoms with van der Waals surface area (Å²) in [5.74, 6) is -0.341. The SMILES string of the molecule is C1CCNCC1.CNC[C@H](O)[C@@H](O)[C@H](O)[C@H](O)CO.O.O=C1CSC(=Nc2c(Cl)cccc2Cl)N1.O=C1NC(=Nc2c(Cl)cccc2Cl)S/C1=C\c1ccc2nccnc2c1.O=C1NC(=Nc2c(Cl)cccc2Cl)S/C1=C\c1ccc2nccnc2c1.O=C1NC(=Nc2c(Cl)cccc2Cl)S/C1=C\c1ccc2nccnc2c1. The van der Waals surface area contributed by atoms with Crippen molar-refractivity contribution >= 4 is 258 Å². The minimum Gasteiger partial charge on any atom is -0.412 e. The van der Waals surface area contributed by atoms with Gasteiger partial charge in [-0.1, -0.05) is 153 Å². The standard InChI is InChI=1S/3C18H10Cl2N4OS.C9H6Cl2N2OS.C7H17NO5.C5H11N.H2O/c3*19-11-2-1-3-12(20)16(11)23-18-24-17(25)15(26-18)9-10-4-5-13-14(8-10)22-7-6-21-13;10-5-2-1-3-6(11)8(5)13-9-12-7(14)4-15-9;1-8-2-4(10)6(12)7(13)5(11)3-9;1-2-4-6-5-3-1;/h3*1-9H,(H,23,24,25);1-3H,4H2,(H,12,13,14);4-13H,2-3H2,1H3;6H,1-5H2;1H2/b3*15-9-;;;;/t;;;;4-,5+,6+,7+;;/m....0../s1.